The number of hydrogen-bond acceptors (Lipinski definition) is 7. The Bertz CT molecular complexity index is 1340. The Morgan fingerprint density at radius 3 is 2.67 bits per heavy atom. The van der Waals surface area contributed by atoms with E-state index in [0.29, 0.717) is 30.1 Å². The standard InChI is InChI=1S/C21H22BClNO8P/c1-24-5-4-11(16(27)9-24)19-14(25)8-18(32-33(28,29)30)20-15(26)7-17(31-21(19)20)12-6-10(22)2-3-13(12)23/h2-3,6-8,11,16,25,27H,4-5,9,22H2,1H3,(H2,28,29,30). The molecule has 1 aliphatic heterocycles. The predicted molar refractivity (Wildman–Crippen MR) is 126 cm³/mol. The van der Waals surface area contributed by atoms with Crippen molar-refractivity contribution in [1.82, 2.24) is 4.90 Å². The van der Waals surface area contributed by atoms with Crippen LogP contribution >= 0.6 is 19.4 Å². The number of β-amino-alcohol motifs (C(OH)–C–C–N with tert-alkyl or cyclic N) is 1. The van der Waals surface area contributed by atoms with Gasteiger partial charge in [0.2, 0.25) is 0 Å². The number of likely N-dealkylation sites (tertiary alicyclic amines) is 1. The number of hydrogen-bond donors (Lipinski definition) is 4. The third kappa shape index (κ3) is 4.82. The number of likely N-dealkylation sites (N-methyl/N-ethyl adjacent to an activating group) is 1. The molecular formula is C21H22BClNO8P. The molecule has 2 atom stereocenters. The molecular weight excluding hydrogens is 471 g/mol. The largest absolute Gasteiger partial charge is 0.524 e. The van der Waals surface area contributed by atoms with Gasteiger partial charge in [-0.1, -0.05) is 29.2 Å². The molecule has 174 valence electrons. The van der Waals surface area contributed by atoms with Gasteiger partial charge in [-0.2, -0.15) is 0 Å². The smallest absolute Gasteiger partial charge is 0.507 e. The number of halogens is 1. The fourth-order valence-corrected chi connectivity index (χ4v) is 4.86. The molecule has 4 N–H and O–H groups in total. The molecule has 0 radical (unpaired) electrons. The lowest BCUT2D eigenvalue weighted by Gasteiger charge is -2.34. The van der Waals surface area contributed by atoms with Gasteiger partial charge < -0.3 is 24.1 Å². The SMILES string of the molecule is Bc1ccc(Cl)c(-c2cc(=O)c3c(OP(=O)(O)O)cc(O)c(C4CCN(C)CC4O)c3o2)c1. The van der Waals surface area contributed by atoms with E-state index >= 15 is 0 Å². The molecule has 3 aromatic rings. The van der Waals surface area contributed by atoms with E-state index < -0.39 is 36.8 Å². The lowest BCUT2D eigenvalue weighted by atomic mass is 9.85. The van der Waals surface area contributed by atoms with E-state index in [2.05, 4.69) is 0 Å². The van der Waals surface area contributed by atoms with Crippen LogP contribution in [0.2, 0.25) is 5.02 Å². The van der Waals surface area contributed by atoms with E-state index in [0.717, 1.165) is 17.6 Å². The third-order valence-corrected chi connectivity index (χ3v) is 6.51. The first-order valence-corrected chi connectivity index (χ1v) is 12.1. The highest BCUT2D eigenvalue weighted by molar-refractivity contribution is 7.46. The van der Waals surface area contributed by atoms with Crippen LogP contribution in [-0.4, -0.2) is 59.0 Å². The molecule has 4 rings (SSSR count). The quantitative estimate of drug-likeness (QED) is 0.313. The lowest BCUT2D eigenvalue weighted by molar-refractivity contribution is 0.0630. The molecule has 1 fully saturated rings. The second-order valence-corrected chi connectivity index (χ2v) is 9.85. The molecule has 2 aromatic carbocycles. The number of benzene rings is 2. The van der Waals surface area contributed by atoms with Gasteiger partial charge in [-0.25, -0.2) is 4.57 Å². The minimum atomic E-state index is -5.05. The average Bonchev–Trinajstić information content (AvgIpc) is 2.69. The van der Waals surface area contributed by atoms with E-state index in [4.69, 9.17) is 20.5 Å². The first kappa shape index (κ1) is 23.8. The van der Waals surface area contributed by atoms with E-state index in [1.807, 2.05) is 19.8 Å². The zero-order chi connectivity index (χ0) is 24.1. The second-order valence-electron chi connectivity index (χ2n) is 8.28. The molecule has 2 unspecified atom stereocenters. The lowest BCUT2D eigenvalue weighted by Crippen LogP contribution is -2.40. The van der Waals surface area contributed by atoms with Gasteiger partial charge in [-0.3, -0.25) is 14.6 Å². The molecule has 1 aliphatic rings. The van der Waals surface area contributed by atoms with E-state index in [1.54, 1.807) is 18.2 Å². The molecule has 1 aromatic heterocycles. The minimum Gasteiger partial charge on any atom is -0.507 e. The second kappa shape index (κ2) is 8.79. The van der Waals surface area contributed by atoms with Crippen molar-refractivity contribution in [3.05, 3.63) is 51.1 Å². The number of aliphatic hydroxyl groups is 1. The number of aromatic hydroxyl groups is 1. The summed E-state index contributed by atoms with van der Waals surface area (Å²) in [5.41, 5.74) is 0.713. The average molecular weight is 494 g/mol. The van der Waals surface area contributed by atoms with Crippen molar-refractivity contribution < 1.29 is 33.5 Å². The third-order valence-electron chi connectivity index (χ3n) is 5.74. The fourth-order valence-electron chi connectivity index (χ4n) is 4.25. The van der Waals surface area contributed by atoms with Gasteiger partial charge in [-0.15, -0.1) is 0 Å². The van der Waals surface area contributed by atoms with Gasteiger partial charge in [0.1, 0.15) is 36.1 Å². The van der Waals surface area contributed by atoms with Crippen LogP contribution in [0.3, 0.4) is 0 Å². The van der Waals surface area contributed by atoms with Gasteiger partial charge >= 0.3 is 7.82 Å². The van der Waals surface area contributed by atoms with Crippen LogP contribution in [0.5, 0.6) is 11.5 Å². The first-order chi connectivity index (χ1) is 15.4. The summed E-state index contributed by atoms with van der Waals surface area (Å²) in [6.45, 7) is 0.955. The first-order valence-electron chi connectivity index (χ1n) is 10.2. The summed E-state index contributed by atoms with van der Waals surface area (Å²) in [5, 5.41) is 21.6. The van der Waals surface area contributed by atoms with Crippen molar-refractivity contribution in [1.29, 1.82) is 0 Å². The maximum absolute atomic E-state index is 13.2. The minimum absolute atomic E-state index is 0.109. The van der Waals surface area contributed by atoms with Gasteiger partial charge in [-0.05, 0) is 26.1 Å². The van der Waals surface area contributed by atoms with Gasteiger partial charge in [0.05, 0.1) is 11.1 Å². The maximum atomic E-state index is 13.2. The molecule has 0 aliphatic carbocycles. The molecule has 0 bridgehead atoms. The van der Waals surface area contributed by atoms with Crippen molar-refractivity contribution in [2.45, 2.75) is 18.4 Å². The highest BCUT2D eigenvalue weighted by Gasteiger charge is 2.34. The Labute approximate surface area is 194 Å². The molecule has 0 saturated carbocycles. The summed E-state index contributed by atoms with van der Waals surface area (Å²) in [6.07, 6.45) is -0.416. The van der Waals surface area contributed by atoms with E-state index in [9.17, 15) is 29.4 Å². The van der Waals surface area contributed by atoms with Crippen LogP contribution in [0, 0.1) is 0 Å². The van der Waals surface area contributed by atoms with E-state index in [-0.39, 0.29) is 22.3 Å². The number of phenolic OH excluding ortho intramolecular Hbond substituents is 1. The van der Waals surface area contributed by atoms with Gasteiger partial charge in [0, 0.05) is 35.7 Å². The van der Waals surface area contributed by atoms with Gasteiger partial charge in [0.25, 0.3) is 0 Å². The van der Waals surface area contributed by atoms with Crippen molar-refractivity contribution in [2.24, 2.45) is 0 Å². The molecule has 2 heterocycles. The van der Waals surface area contributed by atoms with Crippen LogP contribution in [0.1, 0.15) is 17.9 Å². The Morgan fingerprint density at radius 2 is 2.00 bits per heavy atom. The summed E-state index contributed by atoms with van der Waals surface area (Å²) in [5.74, 6) is -1.40. The summed E-state index contributed by atoms with van der Waals surface area (Å²) in [7, 11) is -1.35. The molecule has 12 heteroatoms. The summed E-state index contributed by atoms with van der Waals surface area (Å²) >= 11 is 6.33. The van der Waals surface area contributed by atoms with Crippen molar-refractivity contribution in [2.75, 3.05) is 20.1 Å². The van der Waals surface area contributed by atoms with Crippen LogP contribution in [0.15, 0.2) is 39.5 Å². The summed E-state index contributed by atoms with van der Waals surface area (Å²) < 4.78 is 22.3. The highest BCUT2D eigenvalue weighted by atomic mass is 35.5. The summed E-state index contributed by atoms with van der Waals surface area (Å²) in [6, 6.07) is 7.30. The Kier molecular flexibility index (Phi) is 6.35. The number of nitrogens with zero attached hydrogens (tertiary/aromatic N) is 1. The molecule has 9 nitrogen and oxygen atoms in total. The van der Waals surface area contributed by atoms with Crippen LogP contribution in [-0.2, 0) is 4.57 Å². The number of phosphoric acid groups is 1. The normalized spacial score (nSPS) is 19.7. The van der Waals surface area contributed by atoms with Crippen LogP contribution < -0.4 is 15.4 Å². The number of aliphatic hydroxyl groups excluding tert-OH is 1. The number of phosphoric ester groups is 1. The van der Waals surface area contributed by atoms with Gasteiger partial charge in [0.15, 0.2) is 5.43 Å². The van der Waals surface area contributed by atoms with Crippen molar-refractivity contribution in [3.63, 3.8) is 0 Å². The summed E-state index contributed by atoms with van der Waals surface area (Å²) in [4.78, 5) is 33.7. The zero-order valence-corrected chi connectivity index (χ0v) is 19.5. The van der Waals surface area contributed by atoms with Crippen LogP contribution in [0.4, 0.5) is 0 Å². The van der Waals surface area contributed by atoms with Crippen LogP contribution in [0.25, 0.3) is 22.3 Å². The van der Waals surface area contributed by atoms with Crippen molar-refractivity contribution in [3.8, 4) is 22.8 Å². The Morgan fingerprint density at radius 1 is 1.27 bits per heavy atom. The molecule has 0 amide bonds. The zero-order valence-electron chi connectivity index (χ0n) is 17.9. The number of fused-ring (bicyclic) bond motifs is 1. The number of piperidine rings is 1. The number of rotatable bonds is 4. The number of phenols is 1. The topological polar surface area (TPSA) is 141 Å². The predicted octanol–water partition coefficient (Wildman–Crippen LogP) is 1.33. The molecule has 33 heavy (non-hydrogen) atoms. The molecule has 1 saturated heterocycles. The fraction of sp³-hybridized carbons (Fsp3) is 0.286. The van der Waals surface area contributed by atoms with E-state index in [1.165, 1.54) is 0 Å². The van der Waals surface area contributed by atoms with Crippen molar-refractivity contribution >= 4 is 43.7 Å². The Balaban J connectivity index is 2.04. The highest BCUT2D eigenvalue weighted by Crippen LogP contribution is 2.47. The molecule has 0 spiro atoms. The maximum Gasteiger partial charge on any atom is 0.524 e. The Hall–Kier alpha value is -2.33. The monoisotopic (exact) mass is 493 g/mol.